The summed E-state index contributed by atoms with van der Waals surface area (Å²) in [6.07, 6.45) is 0.293. The number of sulfone groups is 1. The van der Waals surface area contributed by atoms with Crippen molar-refractivity contribution in [1.82, 2.24) is 0 Å². The highest BCUT2D eigenvalue weighted by Gasteiger charge is 2.20. The Morgan fingerprint density at radius 3 is 2.13 bits per heavy atom. The van der Waals surface area contributed by atoms with E-state index in [1.54, 1.807) is 27.7 Å². The summed E-state index contributed by atoms with van der Waals surface area (Å²) in [5.41, 5.74) is 5.11. The number of carbonyl (C=O) groups is 1. The zero-order valence-electron chi connectivity index (χ0n) is 9.91. The van der Waals surface area contributed by atoms with Gasteiger partial charge in [-0.2, -0.15) is 0 Å². The Morgan fingerprint density at radius 2 is 1.80 bits per heavy atom. The van der Waals surface area contributed by atoms with Crippen LogP contribution in [0.1, 0.15) is 40.5 Å². The number of hydrogen-bond acceptors (Lipinski definition) is 4. The second-order valence-electron chi connectivity index (χ2n) is 4.87. The predicted molar refractivity (Wildman–Crippen MR) is 61.4 cm³/mol. The van der Waals surface area contributed by atoms with Gasteiger partial charge in [0.25, 0.3) is 0 Å². The molecule has 0 aromatic heterocycles. The van der Waals surface area contributed by atoms with Gasteiger partial charge in [0, 0.05) is 18.4 Å². The molecular weight excluding hydrogens is 214 g/mol. The van der Waals surface area contributed by atoms with Crippen molar-refractivity contribution in [2.45, 2.75) is 51.3 Å². The smallest absolute Gasteiger partial charge is 0.153 e. The summed E-state index contributed by atoms with van der Waals surface area (Å²) in [6, 6.07) is 0. The maximum atomic E-state index is 11.4. The van der Waals surface area contributed by atoms with Crippen molar-refractivity contribution < 1.29 is 13.2 Å². The summed E-state index contributed by atoms with van der Waals surface area (Å²) in [5.74, 6) is -0.161. The van der Waals surface area contributed by atoms with E-state index in [0.29, 0.717) is 0 Å². The number of hydrogen-bond donors (Lipinski definition) is 1. The summed E-state index contributed by atoms with van der Waals surface area (Å²) in [5, 5.41) is -0.420. The molecule has 0 aromatic carbocycles. The fourth-order valence-corrected chi connectivity index (χ4v) is 2.07. The lowest BCUT2D eigenvalue weighted by molar-refractivity contribution is -0.119. The Labute approximate surface area is 92.2 Å². The highest BCUT2D eigenvalue weighted by molar-refractivity contribution is 7.91. The third-order valence-electron chi connectivity index (χ3n) is 2.04. The molecule has 0 amide bonds. The maximum Gasteiger partial charge on any atom is 0.153 e. The molecule has 0 aliphatic heterocycles. The summed E-state index contributed by atoms with van der Waals surface area (Å²) < 4.78 is 22.8. The fourth-order valence-electron chi connectivity index (χ4n) is 1.09. The molecule has 5 heteroatoms. The monoisotopic (exact) mass is 235 g/mol. The van der Waals surface area contributed by atoms with Crippen molar-refractivity contribution in [3.05, 3.63) is 0 Å². The highest BCUT2D eigenvalue weighted by atomic mass is 32.2. The van der Waals surface area contributed by atoms with Gasteiger partial charge in [-0.05, 0) is 27.7 Å². The van der Waals surface area contributed by atoms with Gasteiger partial charge in [0.05, 0.1) is 11.0 Å². The molecular formula is C10H21NO3S. The lowest BCUT2D eigenvalue weighted by Crippen LogP contribution is -2.35. The highest BCUT2D eigenvalue weighted by Crippen LogP contribution is 2.09. The van der Waals surface area contributed by atoms with E-state index < -0.39 is 20.6 Å². The summed E-state index contributed by atoms with van der Waals surface area (Å²) in [6.45, 7) is 6.74. The number of Topliss-reactive ketones (excluding diaryl/α,β-unsaturated/α-hetero) is 1. The molecule has 0 aliphatic rings. The van der Waals surface area contributed by atoms with Gasteiger partial charge in [0.15, 0.2) is 9.84 Å². The van der Waals surface area contributed by atoms with E-state index in [-0.39, 0.29) is 24.4 Å². The van der Waals surface area contributed by atoms with Gasteiger partial charge >= 0.3 is 0 Å². The molecule has 0 rings (SSSR count). The van der Waals surface area contributed by atoms with E-state index in [4.69, 9.17) is 5.73 Å². The van der Waals surface area contributed by atoms with Crippen molar-refractivity contribution in [1.29, 1.82) is 0 Å². The SMILES string of the molecule is CC(C)S(=O)(=O)CCC(=O)CC(C)(C)N. The van der Waals surface area contributed by atoms with Crippen molar-refractivity contribution in [2.75, 3.05) is 5.75 Å². The van der Waals surface area contributed by atoms with Gasteiger partial charge in [-0.25, -0.2) is 8.42 Å². The first-order valence-electron chi connectivity index (χ1n) is 5.07. The molecule has 0 radical (unpaired) electrons. The standard InChI is InChI=1S/C10H21NO3S/c1-8(2)15(13,14)6-5-9(12)7-10(3,4)11/h8H,5-7,11H2,1-4H3. The molecule has 0 saturated heterocycles. The van der Waals surface area contributed by atoms with Crippen LogP contribution in [0.25, 0.3) is 0 Å². The Kier molecular flexibility index (Phi) is 4.93. The van der Waals surface area contributed by atoms with Crippen LogP contribution in [-0.4, -0.2) is 30.7 Å². The van der Waals surface area contributed by atoms with Crippen LogP contribution in [0.2, 0.25) is 0 Å². The summed E-state index contributed by atoms with van der Waals surface area (Å²) in [4.78, 5) is 11.4. The van der Waals surface area contributed by atoms with Crippen LogP contribution in [0.5, 0.6) is 0 Å². The van der Waals surface area contributed by atoms with Gasteiger partial charge in [-0.3, -0.25) is 4.79 Å². The van der Waals surface area contributed by atoms with Gasteiger partial charge in [0.1, 0.15) is 5.78 Å². The normalized spacial score (nSPS) is 13.2. The minimum Gasteiger partial charge on any atom is -0.325 e. The molecule has 0 aromatic rings. The average Bonchev–Trinajstić information content (AvgIpc) is 1.97. The second-order valence-corrected chi connectivity index (χ2v) is 7.55. The molecule has 2 N–H and O–H groups in total. The molecule has 0 fully saturated rings. The average molecular weight is 235 g/mol. The number of rotatable bonds is 6. The van der Waals surface area contributed by atoms with Crippen molar-refractivity contribution in [2.24, 2.45) is 5.73 Å². The van der Waals surface area contributed by atoms with Crippen molar-refractivity contribution in [3.63, 3.8) is 0 Å². The molecule has 0 aliphatic carbocycles. The van der Waals surface area contributed by atoms with Crippen LogP contribution in [0, 0.1) is 0 Å². The number of nitrogens with two attached hydrogens (primary N) is 1. The molecule has 90 valence electrons. The molecule has 0 saturated carbocycles. The lowest BCUT2D eigenvalue weighted by Gasteiger charge is -2.17. The van der Waals surface area contributed by atoms with E-state index in [1.165, 1.54) is 0 Å². The van der Waals surface area contributed by atoms with Gasteiger partial charge in [0.2, 0.25) is 0 Å². The minimum absolute atomic E-state index is 0.0699. The molecule has 0 unspecified atom stereocenters. The molecule has 0 heterocycles. The van der Waals surface area contributed by atoms with E-state index in [2.05, 4.69) is 0 Å². The molecule has 0 atom stereocenters. The number of carbonyl (C=O) groups excluding carboxylic acids is 1. The Balaban J connectivity index is 4.14. The largest absolute Gasteiger partial charge is 0.325 e. The summed E-state index contributed by atoms with van der Waals surface area (Å²) >= 11 is 0. The first-order valence-corrected chi connectivity index (χ1v) is 6.78. The van der Waals surface area contributed by atoms with E-state index in [1.807, 2.05) is 0 Å². The summed E-state index contributed by atoms with van der Waals surface area (Å²) in [7, 11) is -3.11. The number of ketones is 1. The second kappa shape index (κ2) is 5.07. The third kappa shape index (κ3) is 6.62. The van der Waals surface area contributed by atoms with Gasteiger partial charge < -0.3 is 5.73 Å². The molecule has 0 bridgehead atoms. The third-order valence-corrected chi connectivity index (χ3v) is 4.25. The van der Waals surface area contributed by atoms with Crippen LogP contribution in [0.3, 0.4) is 0 Å². The molecule has 0 spiro atoms. The molecule has 4 nitrogen and oxygen atoms in total. The Hall–Kier alpha value is -0.420. The maximum absolute atomic E-state index is 11.4. The van der Waals surface area contributed by atoms with E-state index in [0.717, 1.165) is 0 Å². The van der Waals surface area contributed by atoms with Gasteiger partial charge in [-0.15, -0.1) is 0 Å². The Morgan fingerprint density at radius 1 is 1.33 bits per heavy atom. The van der Waals surface area contributed by atoms with Crippen LogP contribution in [0.15, 0.2) is 0 Å². The van der Waals surface area contributed by atoms with Crippen LogP contribution in [-0.2, 0) is 14.6 Å². The lowest BCUT2D eigenvalue weighted by atomic mass is 9.98. The predicted octanol–water partition coefficient (Wildman–Crippen LogP) is 0.896. The fraction of sp³-hybridized carbons (Fsp3) is 0.900. The topological polar surface area (TPSA) is 77.2 Å². The van der Waals surface area contributed by atoms with E-state index >= 15 is 0 Å². The van der Waals surface area contributed by atoms with Crippen LogP contribution < -0.4 is 5.73 Å². The zero-order valence-corrected chi connectivity index (χ0v) is 10.7. The van der Waals surface area contributed by atoms with Crippen LogP contribution >= 0.6 is 0 Å². The first-order chi connectivity index (χ1) is 6.54. The zero-order chi connectivity index (χ0) is 12.3. The molecule has 15 heavy (non-hydrogen) atoms. The Bertz CT molecular complexity index is 312. The van der Waals surface area contributed by atoms with Crippen molar-refractivity contribution >= 4 is 15.6 Å². The van der Waals surface area contributed by atoms with Crippen molar-refractivity contribution in [3.8, 4) is 0 Å². The quantitative estimate of drug-likeness (QED) is 0.742. The first kappa shape index (κ1) is 14.6. The minimum atomic E-state index is -3.11. The van der Waals surface area contributed by atoms with Crippen LogP contribution in [0.4, 0.5) is 0 Å². The van der Waals surface area contributed by atoms with E-state index in [9.17, 15) is 13.2 Å². The van der Waals surface area contributed by atoms with Gasteiger partial charge in [-0.1, -0.05) is 0 Å².